The van der Waals surface area contributed by atoms with E-state index in [0.717, 1.165) is 16.7 Å². The van der Waals surface area contributed by atoms with E-state index in [9.17, 15) is 8.42 Å². The van der Waals surface area contributed by atoms with Gasteiger partial charge in [0.25, 0.3) is 0 Å². The van der Waals surface area contributed by atoms with Gasteiger partial charge in [0.2, 0.25) is 10.0 Å². The van der Waals surface area contributed by atoms with Gasteiger partial charge in [0.1, 0.15) is 0 Å². The van der Waals surface area contributed by atoms with E-state index in [-0.39, 0.29) is 6.04 Å². The molecule has 3 nitrogen and oxygen atoms in total. The van der Waals surface area contributed by atoms with Crippen molar-refractivity contribution >= 4 is 10.0 Å². The summed E-state index contributed by atoms with van der Waals surface area (Å²) in [6, 6.07) is 14.6. The third-order valence-electron chi connectivity index (χ3n) is 3.25. The van der Waals surface area contributed by atoms with Crippen molar-refractivity contribution in [2.75, 3.05) is 0 Å². The van der Waals surface area contributed by atoms with E-state index >= 15 is 0 Å². The second-order valence-electron chi connectivity index (χ2n) is 5.02. The molecule has 0 aliphatic rings. The van der Waals surface area contributed by atoms with E-state index in [4.69, 9.17) is 0 Å². The molecule has 0 aromatic heterocycles. The molecule has 20 heavy (non-hydrogen) atoms. The quantitative estimate of drug-likeness (QED) is 0.938. The van der Waals surface area contributed by atoms with Crippen molar-refractivity contribution < 1.29 is 8.42 Å². The fourth-order valence-electron chi connectivity index (χ4n) is 2.21. The molecule has 2 aromatic rings. The summed E-state index contributed by atoms with van der Waals surface area (Å²) < 4.78 is 27.6. The lowest BCUT2D eigenvalue weighted by molar-refractivity contribution is 0.566. The predicted molar refractivity (Wildman–Crippen MR) is 81.1 cm³/mol. The van der Waals surface area contributed by atoms with Gasteiger partial charge in [0.15, 0.2) is 0 Å². The molecule has 0 aliphatic heterocycles. The molecule has 1 N–H and O–H groups in total. The number of benzene rings is 2. The van der Waals surface area contributed by atoms with Gasteiger partial charge in [0.05, 0.1) is 4.90 Å². The van der Waals surface area contributed by atoms with Crippen LogP contribution >= 0.6 is 0 Å². The van der Waals surface area contributed by atoms with Crippen LogP contribution in [0.15, 0.2) is 53.4 Å². The second kappa shape index (κ2) is 5.77. The first kappa shape index (κ1) is 14.8. The molecule has 4 heteroatoms. The highest BCUT2D eigenvalue weighted by Gasteiger charge is 2.20. The minimum Gasteiger partial charge on any atom is -0.207 e. The van der Waals surface area contributed by atoms with Crippen molar-refractivity contribution in [2.45, 2.75) is 31.7 Å². The molecule has 2 aromatic carbocycles. The molecule has 0 amide bonds. The Hall–Kier alpha value is -1.65. The van der Waals surface area contributed by atoms with Crippen molar-refractivity contribution in [2.24, 2.45) is 0 Å². The fourth-order valence-corrected chi connectivity index (χ4v) is 3.67. The molecule has 1 atom stereocenters. The van der Waals surface area contributed by atoms with Crippen LogP contribution in [0.25, 0.3) is 0 Å². The third-order valence-corrected chi connectivity index (χ3v) is 4.95. The van der Waals surface area contributed by atoms with Crippen LogP contribution in [-0.2, 0) is 10.0 Å². The van der Waals surface area contributed by atoms with Crippen molar-refractivity contribution in [3.63, 3.8) is 0 Å². The lowest BCUT2D eigenvalue weighted by Crippen LogP contribution is -2.27. The van der Waals surface area contributed by atoms with Gasteiger partial charge >= 0.3 is 0 Å². The monoisotopic (exact) mass is 289 g/mol. The number of sulfonamides is 1. The topological polar surface area (TPSA) is 46.2 Å². The lowest BCUT2D eigenvalue weighted by atomic mass is 10.1. The maximum Gasteiger partial charge on any atom is 0.241 e. The summed E-state index contributed by atoms with van der Waals surface area (Å²) in [6.07, 6.45) is 0. The molecule has 0 saturated carbocycles. The highest BCUT2D eigenvalue weighted by molar-refractivity contribution is 7.89. The molecular formula is C16H19NO2S. The van der Waals surface area contributed by atoms with Crippen LogP contribution in [0, 0.1) is 13.8 Å². The Morgan fingerprint density at radius 2 is 1.65 bits per heavy atom. The Morgan fingerprint density at radius 3 is 2.25 bits per heavy atom. The molecule has 0 aliphatic carbocycles. The van der Waals surface area contributed by atoms with E-state index in [1.54, 1.807) is 6.07 Å². The minimum absolute atomic E-state index is 0.262. The normalized spacial score (nSPS) is 13.2. The molecule has 0 unspecified atom stereocenters. The SMILES string of the molecule is Cc1ccc(S(=O)(=O)N[C@@H](C)c2ccccc2)c(C)c1. The number of hydrogen-bond donors (Lipinski definition) is 1. The summed E-state index contributed by atoms with van der Waals surface area (Å²) in [6.45, 7) is 5.61. The van der Waals surface area contributed by atoms with Gasteiger partial charge in [-0.15, -0.1) is 0 Å². The van der Waals surface area contributed by atoms with Crippen LogP contribution in [0.5, 0.6) is 0 Å². The molecule has 106 valence electrons. The predicted octanol–water partition coefficient (Wildman–Crippen LogP) is 3.34. The first-order valence-electron chi connectivity index (χ1n) is 6.54. The molecule has 2 rings (SSSR count). The smallest absolute Gasteiger partial charge is 0.207 e. The molecule has 0 bridgehead atoms. The van der Waals surface area contributed by atoms with Gasteiger partial charge in [0, 0.05) is 6.04 Å². The van der Waals surface area contributed by atoms with Gasteiger partial charge in [-0.2, -0.15) is 0 Å². The van der Waals surface area contributed by atoms with Gasteiger partial charge < -0.3 is 0 Å². The summed E-state index contributed by atoms with van der Waals surface area (Å²) in [4.78, 5) is 0.339. The molecule has 0 saturated heterocycles. The van der Waals surface area contributed by atoms with Gasteiger partial charge in [-0.3, -0.25) is 0 Å². The average Bonchev–Trinajstić information content (AvgIpc) is 2.38. The zero-order valence-corrected chi connectivity index (χ0v) is 12.7. The average molecular weight is 289 g/mol. The van der Waals surface area contributed by atoms with Crippen molar-refractivity contribution in [1.29, 1.82) is 0 Å². The van der Waals surface area contributed by atoms with Crippen LogP contribution in [0.3, 0.4) is 0 Å². The highest BCUT2D eigenvalue weighted by atomic mass is 32.2. The number of rotatable bonds is 4. The molecule has 0 heterocycles. The van der Waals surface area contributed by atoms with Gasteiger partial charge in [-0.25, -0.2) is 13.1 Å². The van der Waals surface area contributed by atoms with Crippen LogP contribution in [-0.4, -0.2) is 8.42 Å². The molecular weight excluding hydrogens is 270 g/mol. The van der Waals surface area contributed by atoms with Crippen LogP contribution in [0.2, 0.25) is 0 Å². The van der Waals surface area contributed by atoms with E-state index < -0.39 is 10.0 Å². The van der Waals surface area contributed by atoms with Crippen LogP contribution in [0.4, 0.5) is 0 Å². The summed E-state index contributed by atoms with van der Waals surface area (Å²) >= 11 is 0. The number of hydrogen-bond acceptors (Lipinski definition) is 2. The van der Waals surface area contributed by atoms with Crippen molar-refractivity contribution in [3.8, 4) is 0 Å². The van der Waals surface area contributed by atoms with E-state index in [1.807, 2.05) is 63.2 Å². The standard InChI is InChI=1S/C16H19NO2S/c1-12-9-10-16(13(2)11-12)20(18,19)17-14(3)15-7-5-4-6-8-15/h4-11,14,17H,1-3H3/t14-/m0/s1. The number of aryl methyl sites for hydroxylation is 2. The Balaban J connectivity index is 2.28. The lowest BCUT2D eigenvalue weighted by Gasteiger charge is -2.16. The minimum atomic E-state index is -3.51. The molecule has 0 radical (unpaired) electrons. The fraction of sp³-hybridized carbons (Fsp3) is 0.250. The summed E-state index contributed by atoms with van der Waals surface area (Å²) in [7, 11) is -3.51. The van der Waals surface area contributed by atoms with E-state index in [1.165, 1.54) is 0 Å². The molecule has 0 spiro atoms. The van der Waals surface area contributed by atoms with Crippen molar-refractivity contribution in [1.82, 2.24) is 4.72 Å². The van der Waals surface area contributed by atoms with Crippen LogP contribution in [0.1, 0.15) is 29.7 Å². The Morgan fingerprint density at radius 1 is 1.00 bits per heavy atom. The maximum absolute atomic E-state index is 12.4. The maximum atomic E-state index is 12.4. The van der Waals surface area contributed by atoms with Crippen molar-refractivity contribution in [3.05, 3.63) is 65.2 Å². The number of nitrogens with one attached hydrogen (secondary N) is 1. The van der Waals surface area contributed by atoms with Gasteiger partial charge in [-0.05, 0) is 38.0 Å². The Bertz CT molecular complexity index is 694. The van der Waals surface area contributed by atoms with E-state index in [0.29, 0.717) is 4.90 Å². The van der Waals surface area contributed by atoms with Gasteiger partial charge in [-0.1, -0.05) is 48.0 Å². The third kappa shape index (κ3) is 3.26. The highest BCUT2D eigenvalue weighted by Crippen LogP contribution is 2.20. The van der Waals surface area contributed by atoms with Crippen LogP contribution < -0.4 is 4.72 Å². The Kier molecular flexibility index (Phi) is 4.26. The largest absolute Gasteiger partial charge is 0.241 e. The zero-order chi connectivity index (χ0) is 14.8. The summed E-state index contributed by atoms with van der Waals surface area (Å²) in [5.74, 6) is 0. The summed E-state index contributed by atoms with van der Waals surface area (Å²) in [5.41, 5.74) is 2.76. The zero-order valence-electron chi connectivity index (χ0n) is 11.9. The first-order valence-corrected chi connectivity index (χ1v) is 8.03. The van der Waals surface area contributed by atoms with E-state index in [2.05, 4.69) is 4.72 Å². The first-order chi connectivity index (χ1) is 9.40. The Labute approximate surface area is 120 Å². The second-order valence-corrected chi connectivity index (χ2v) is 6.71. The molecule has 0 fully saturated rings. The summed E-state index contributed by atoms with van der Waals surface area (Å²) in [5, 5.41) is 0.